The number of ether oxygens (including phenoxy) is 1. The van der Waals surface area contributed by atoms with E-state index in [1.165, 1.54) is 0 Å². The van der Waals surface area contributed by atoms with E-state index in [1.54, 1.807) is 17.8 Å². The Balaban J connectivity index is 2.05. The molecular formula is C25H25NO2S. The molecule has 0 fully saturated rings. The molecule has 0 radical (unpaired) electrons. The molecule has 0 saturated carbocycles. The number of hydrogen-bond acceptors (Lipinski definition) is 4. The minimum Gasteiger partial charge on any atom is -0.460 e. The van der Waals surface area contributed by atoms with Gasteiger partial charge in [0.1, 0.15) is 12.6 Å². The van der Waals surface area contributed by atoms with Gasteiger partial charge in [-0.2, -0.15) is 0 Å². The lowest BCUT2D eigenvalue weighted by atomic mass is 9.84. The van der Waals surface area contributed by atoms with E-state index < -0.39 is 16.8 Å². The fourth-order valence-corrected chi connectivity index (χ4v) is 4.77. The normalized spacial score (nSPS) is 12.2. The lowest BCUT2D eigenvalue weighted by Gasteiger charge is -2.36. The van der Waals surface area contributed by atoms with Gasteiger partial charge in [0.2, 0.25) is 0 Å². The Morgan fingerprint density at radius 3 is 1.69 bits per heavy atom. The molecular weight excluding hydrogens is 378 g/mol. The summed E-state index contributed by atoms with van der Waals surface area (Å²) in [5, 5.41) is 0. The Morgan fingerprint density at radius 2 is 1.31 bits per heavy atom. The average Bonchev–Trinajstić information content (AvgIpc) is 2.80. The molecule has 0 aliphatic rings. The third-order valence-electron chi connectivity index (χ3n) is 4.67. The molecule has 29 heavy (non-hydrogen) atoms. The lowest BCUT2D eigenvalue weighted by Crippen LogP contribution is -2.37. The van der Waals surface area contributed by atoms with Gasteiger partial charge >= 0.3 is 5.97 Å². The van der Waals surface area contributed by atoms with Crippen molar-refractivity contribution in [3.05, 3.63) is 120 Å². The molecule has 0 spiro atoms. The molecule has 0 aliphatic carbocycles. The third kappa shape index (κ3) is 4.78. The van der Waals surface area contributed by atoms with Gasteiger partial charge in [0.05, 0.1) is 4.75 Å². The Morgan fingerprint density at radius 1 is 0.897 bits per heavy atom. The van der Waals surface area contributed by atoms with Gasteiger partial charge in [-0.1, -0.05) is 104 Å². The quantitative estimate of drug-likeness (QED) is 0.318. The van der Waals surface area contributed by atoms with E-state index in [0.717, 1.165) is 16.7 Å². The van der Waals surface area contributed by atoms with E-state index in [9.17, 15) is 4.79 Å². The molecule has 2 N–H and O–H groups in total. The maximum Gasteiger partial charge on any atom is 0.324 e. The zero-order valence-corrected chi connectivity index (χ0v) is 17.1. The van der Waals surface area contributed by atoms with Crippen LogP contribution in [0, 0.1) is 0 Å². The van der Waals surface area contributed by atoms with E-state index in [0.29, 0.717) is 5.75 Å². The first-order valence-corrected chi connectivity index (χ1v) is 10.5. The maximum atomic E-state index is 12.2. The van der Waals surface area contributed by atoms with Gasteiger partial charge in [-0.05, 0) is 16.7 Å². The molecule has 1 atom stereocenters. The summed E-state index contributed by atoms with van der Waals surface area (Å²) in [7, 11) is 0. The topological polar surface area (TPSA) is 52.3 Å². The first-order valence-electron chi connectivity index (χ1n) is 9.52. The molecule has 0 unspecified atom stereocenters. The standard InChI is InChI=1S/C25H25NO2S/c1-2-18-28-24(27)23(26)19-29-25(20-12-6-3-7-13-20,21-14-8-4-9-15-21)22-16-10-5-11-17-22/h2-17,23H,1,18-19,26H2/t23-/m1/s1. The number of esters is 1. The van der Waals surface area contributed by atoms with Crippen LogP contribution in [0.5, 0.6) is 0 Å². The molecule has 148 valence electrons. The van der Waals surface area contributed by atoms with Crippen molar-refractivity contribution in [2.45, 2.75) is 10.8 Å². The van der Waals surface area contributed by atoms with E-state index in [4.69, 9.17) is 10.5 Å². The molecule has 0 heterocycles. The number of rotatable bonds is 9. The zero-order valence-electron chi connectivity index (χ0n) is 16.2. The highest BCUT2D eigenvalue weighted by molar-refractivity contribution is 8.00. The van der Waals surface area contributed by atoms with Crippen molar-refractivity contribution in [3.8, 4) is 0 Å². The number of hydrogen-bond donors (Lipinski definition) is 1. The van der Waals surface area contributed by atoms with Crippen molar-refractivity contribution >= 4 is 17.7 Å². The molecule has 4 heteroatoms. The van der Waals surface area contributed by atoms with Crippen LogP contribution in [0.15, 0.2) is 104 Å². The van der Waals surface area contributed by atoms with Crippen LogP contribution < -0.4 is 5.73 Å². The van der Waals surface area contributed by atoms with Crippen molar-refractivity contribution in [3.63, 3.8) is 0 Å². The summed E-state index contributed by atoms with van der Waals surface area (Å²) in [6.07, 6.45) is 1.54. The Labute approximate surface area is 176 Å². The average molecular weight is 404 g/mol. The summed E-state index contributed by atoms with van der Waals surface area (Å²) in [6.45, 7) is 3.74. The molecule has 3 nitrogen and oxygen atoms in total. The first-order chi connectivity index (χ1) is 14.2. The molecule has 0 aromatic heterocycles. The highest BCUT2D eigenvalue weighted by Crippen LogP contribution is 2.48. The number of benzene rings is 3. The molecule has 0 amide bonds. The van der Waals surface area contributed by atoms with Crippen molar-refractivity contribution in [1.29, 1.82) is 0 Å². The molecule has 3 aromatic carbocycles. The largest absolute Gasteiger partial charge is 0.460 e. The van der Waals surface area contributed by atoms with Gasteiger partial charge in [-0.3, -0.25) is 4.79 Å². The van der Waals surface area contributed by atoms with Gasteiger partial charge in [0, 0.05) is 5.75 Å². The van der Waals surface area contributed by atoms with E-state index in [2.05, 4.69) is 43.0 Å². The highest BCUT2D eigenvalue weighted by atomic mass is 32.2. The van der Waals surface area contributed by atoms with Crippen molar-refractivity contribution in [2.75, 3.05) is 12.4 Å². The molecule has 3 rings (SSSR count). The second kappa shape index (κ2) is 10.1. The predicted octanol–water partition coefficient (Wildman–Crippen LogP) is 4.77. The fraction of sp³-hybridized carbons (Fsp3) is 0.160. The predicted molar refractivity (Wildman–Crippen MR) is 121 cm³/mol. The van der Waals surface area contributed by atoms with Crippen molar-refractivity contribution in [1.82, 2.24) is 0 Å². The van der Waals surface area contributed by atoms with E-state index in [-0.39, 0.29) is 6.61 Å². The summed E-state index contributed by atoms with van der Waals surface area (Å²) in [6, 6.07) is 30.2. The van der Waals surface area contributed by atoms with Crippen molar-refractivity contribution in [2.24, 2.45) is 5.73 Å². The Hall–Kier alpha value is -2.82. The second-order valence-electron chi connectivity index (χ2n) is 6.62. The van der Waals surface area contributed by atoms with Crippen LogP contribution in [0.3, 0.4) is 0 Å². The van der Waals surface area contributed by atoms with Crippen LogP contribution in [0.2, 0.25) is 0 Å². The zero-order chi connectivity index (χ0) is 20.5. The van der Waals surface area contributed by atoms with Crippen LogP contribution in [0.4, 0.5) is 0 Å². The number of thioether (sulfide) groups is 1. The van der Waals surface area contributed by atoms with Gasteiger partial charge in [-0.25, -0.2) is 0 Å². The molecule has 0 saturated heterocycles. The summed E-state index contributed by atoms with van der Waals surface area (Å²) in [5.74, 6) is -0.00485. The van der Waals surface area contributed by atoms with Gasteiger partial charge < -0.3 is 10.5 Å². The Bertz CT molecular complexity index is 817. The van der Waals surface area contributed by atoms with E-state index >= 15 is 0 Å². The van der Waals surface area contributed by atoms with Gasteiger partial charge in [0.15, 0.2) is 0 Å². The monoisotopic (exact) mass is 403 g/mol. The number of carbonyl (C=O) groups excluding carboxylic acids is 1. The maximum absolute atomic E-state index is 12.2. The first kappa shape index (κ1) is 20.9. The summed E-state index contributed by atoms with van der Waals surface area (Å²) in [5.41, 5.74) is 9.57. The SMILES string of the molecule is C=CCOC(=O)[C@H](N)CSC(c1ccccc1)(c1ccccc1)c1ccccc1. The van der Waals surface area contributed by atoms with E-state index in [1.807, 2.05) is 54.6 Å². The van der Waals surface area contributed by atoms with Crippen LogP contribution >= 0.6 is 11.8 Å². The molecule has 0 aliphatic heterocycles. The Kier molecular flexibility index (Phi) is 7.28. The second-order valence-corrected chi connectivity index (χ2v) is 7.85. The molecule has 0 bridgehead atoms. The number of carbonyl (C=O) groups is 1. The van der Waals surface area contributed by atoms with Gasteiger partial charge in [0.25, 0.3) is 0 Å². The lowest BCUT2D eigenvalue weighted by molar-refractivity contribution is -0.143. The van der Waals surface area contributed by atoms with Crippen LogP contribution in [0.1, 0.15) is 16.7 Å². The molecule has 3 aromatic rings. The van der Waals surface area contributed by atoms with Gasteiger partial charge in [-0.15, -0.1) is 11.8 Å². The van der Waals surface area contributed by atoms with Crippen molar-refractivity contribution < 1.29 is 9.53 Å². The third-order valence-corrected chi connectivity index (χ3v) is 6.33. The minimum atomic E-state index is -0.726. The highest BCUT2D eigenvalue weighted by Gasteiger charge is 2.37. The summed E-state index contributed by atoms with van der Waals surface area (Å²) >= 11 is 1.65. The smallest absolute Gasteiger partial charge is 0.324 e. The van der Waals surface area contributed by atoms with Crippen LogP contribution in [-0.2, 0) is 14.3 Å². The summed E-state index contributed by atoms with van der Waals surface area (Å²) in [4.78, 5) is 12.2. The number of nitrogens with two attached hydrogens (primary N) is 1. The van der Waals surface area contributed by atoms with Crippen LogP contribution in [-0.4, -0.2) is 24.4 Å². The minimum absolute atomic E-state index is 0.165. The summed E-state index contributed by atoms with van der Waals surface area (Å²) < 4.78 is 4.64. The van der Waals surface area contributed by atoms with Crippen LogP contribution in [0.25, 0.3) is 0 Å². The fourth-order valence-electron chi connectivity index (χ4n) is 3.30.